The van der Waals surface area contributed by atoms with E-state index in [4.69, 9.17) is 5.73 Å². The van der Waals surface area contributed by atoms with E-state index in [0.29, 0.717) is 6.04 Å². The maximum absolute atomic E-state index is 12.1. The minimum atomic E-state index is -0.395. The highest BCUT2D eigenvalue weighted by atomic mass is 35.5. The second kappa shape index (κ2) is 6.12. The Bertz CT molecular complexity index is 237. The Morgan fingerprint density at radius 1 is 1.50 bits per heavy atom. The normalized spacial score (nSPS) is 22.4. The SMILES string of the molecule is CN(C(=O)[C@@H](N)C(C)(C)C)C1CCSC1.Cl. The third-order valence-corrected chi connectivity index (χ3v) is 4.14. The second-order valence-corrected chi connectivity index (χ2v) is 6.46. The Balaban J connectivity index is 0.00000225. The predicted molar refractivity (Wildman–Crippen MR) is 73.2 cm³/mol. The van der Waals surface area contributed by atoms with Gasteiger partial charge in [0, 0.05) is 18.8 Å². The first-order valence-corrected chi connectivity index (χ1v) is 6.59. The second-order valence-electron chi connectivity index (χ2n) is 5.31. The maximum Gasteiger partial charge on any atom is 0.240 e. The van der Waals surface area contributed by atoms with Crippen LogP contribution < -0.4 is 5.73 Å². The van der Waals surface area contributed by atoms with Gasteiger partial charge in [0.2, 0.25) is 5.91 Å². The highest BCUT2D eigenvalue weighted by Gasteiger charge is 2.33. The van der Waals surface area contributed by atoms with E-state index < -0.39 is 6.04 Å². The minimum Gasteiger partial charge on any atom is -0.341 e. The predicted octanol–water partition coefficient (Wildman–Crippen LogP) is 1.75. The summed E-state index contributed by atoms with van der Waals surface area (Å²) in [7, 11) is 1.88. The molecule has 0 aromatic heterocycles. The molecule has 2 atom stereocenters. The lowest BCUT2D eigenvalue weighted by atomic mass is 9.86. The van der Waals surface area contributed by atoms with Crippen molar-refractivity contribution in [2.75, 3.05) is 18.6 Å². The van der Waals surface area contributed by atoms with Crippen LogP contribution in [0.3, 0.4) is 0 Å². The Hall–Kier alpha value is 0.0700. The summed E-state index contributed by atoms with van der Waals surface area (Å²) in [4.78, 5) is 13.9. The first-order valence-electron chi connectivity index (χ1n) is 5.44. The molecule has 0 aliphatic carbocycles. The van der Waals surface area contributed by atoms with Crippen LogP contribution in [0.1, 0.15) is 27.2 Å². The van der Waals surface area contributed by atoms with E-state index in [-0.39, 0.29) is 23.7 Å². The van der Waals surface area contributed by atoms with Gasteiger partial charge in [0.15, 0.2) is 0 Å². The molecule has 5 heteroatoms. The molecule has 0 aromatic carbocycles. The van der Waals surface area contributed by atoms with E-state index in [0.717, 1.165) is 17.9 Å². The number of halogens is 1. The topological polar surface area (TPSA) is 46.3 Å². The summed E-state index contributed by atoms with van der Waals surface area (Å²) in [6.45, 7) is 6.02. The zero-order valence-corrected chi connectivity index (χ0v) is 12.2. The molecule has 1 amide bonds. The minimum absolute atomic E-state index is 0. The van der Waals surface area contributed by atoms with E-state index in [1.54, 1.807) is 0 Å². The molecule has 0 bridgehead atoms. The Morgan fingerprint density at radius 3 is 2.44 bits per heavy atom. The zero-order valence-electron chi connectivity index (χ0n) is 10.5. The van der Waals surface area contributed by atoms with E-state index in [1.165, 1.54) is 0 Å². The average Bonchev–Trinajstić information content (AvgIpc) is 2.65. The lowest BCUT2D eigenvalue weighted by Gasteiger charge is -2.32. The van der Waals surface area contributed by atoms with E-state index in [1.807, 2.05) is 44.5 Å². The number of hydrogen-bond acceptors (Lipinski definition) is 3. The molecule has 1 rings (SSSR count). The van der Waals surface area contributed by atoms with Crippen LogP contribution in [0, 0.1) is 5.41 Å². The first kappa shape index (κ1) is 16.1. The fraction of sp³-hybridized carbons (Fsp3) is 0.909. The van der Waals surface area contributed by atoms with Crippen LogP contribution in [-0.2, 0) is 4.79 Å². The van der Waals surface area contributed by atoms with Crippen molar-refractivity contribution >= 4 is 30.1 Å². The van der Waals surface area contributed by atoms with Crippen molar-refractivity contribution in [3.8, 4) is 0 Å². The fourth-order valence-electron chi connectivity index (χ4n) is 1.60. The van der Waals surface area contributed by atoms with Gasteiger partial charge in [-0.25, -0.2) is 0 Å². The molecule has 1 aliphatic rings. The highest BCUT2D eigenvalue weighted by molar-refractivity contribution is 7.99. The summed E-state index contributed by atoms with van der Waals surface area (Å²) >= 11 is 1.91. The van der Waals surface area contributed by atoms with Crippen molar-refractivity contribution in [3.05, 3.63) is 0 Å². The number of nitrogens with zero attached hydrogens (tertiary/aromatic N) is 1. The molecule has 96 valence electrons. The van der Waals surface area contributed by atoms with Crippen LogP contribution >= 0.6 is 24.2 Å². The number of amides is 1. The largest absolute Gasteiger partial charge is 0.341 e. The van der Waals surface area contributed by atoms with Crippen molar-refractivity contribution in [2.24, 2.45) is 11.1 Å². The fourth-order valence-corrected chi connectivity index (χ4v) is 2.87. The van der Waals surface area contributed by atoms with Gasteiger partial charge in [-0.2, -0.15) is 11.8 Å². The van der Waals surface area contributed by atoms with Gasteiger partial charge in [0.25, 0.3) is 0 Å². The van der Waals surface area contributed by atoms with Gasteiger partial charge >= 0.3 is 0 Å². The number of rotatable bonds is 2. The number of likely N-dealkylation sites (N-methyl/N-ethyl adjacent to an activating group) is 1. The molecule has 0 aromatic rings. The summed E-state index contributed by atoms with van der Waals surface area (Å²) < 4.78 is 0. The van der Waals surface area contributed by atoms with Crippen molar-refractivity contribution in [2.45, 2.75) is 39.3 Å². The van der Waals surface area contributed by atoms with Gasteiger partial charge in [0.05, 0.1) is 6.04 Å². The number of thioether (sulfide) groups is 1. The molecule has 0 radical (unpaired) electrons. The van der Waals surface area contributed by atoms with Crippen LogP contribution in [-0.4, -0.2) is 41.4 Å². The zero-order chi connectivity index (χ0) is 11.6. The van der Waals surface area contributed by atoms with Crippen molar-refractivity contribution in [1.29, 1.82) is 0 Å². The maximum atomic E-state index is 12.1. The Kier molecular flexibility index (Phi) is 6.15. The highest BCUT2D eigenvalue weighted by Crippen LogP contribution is 2.24. The van der Waals surface area contributed by atoms with Crippen molar-refractivity contribution in [1.82, 2.24) is 4.90 Å². The molecule has 1 saturated heterocycles. The molecule has 1 aliphatic heterocycles. The monoisotopic (exact) mass is 266 g/mol. The molecular formula is C11H23ClN2OS. The first-order chi connectivity index (χ1) is 6.84. The van der Waals surface area contributed by atoms with Gasteiger partial charge in [-0.05, 0) is 17.6 Å². The summed E-state index contributed by atoms with van der Waals surface area (Å²) in [5.41, 5.74) is 5.81. The molecule has 16 heavy (non-hydrogen) atoms. The summed E-state index contributed by atoms with van der Waals surface area (Å²) in [5.74, 6) is 2.29. The summed E-state index contributed by atoms with van der Waals surface area (Å²) in [5, 5.41) is 0. The quantitative estimate of drug-likeness (QED) is 0.828. The van der Waals surface area contributed by atoms with E-state index in [2.05, 4.69) is 0 Å². The Morgan fingerprint density at radius 2 is 2.06 bits per heavy atom. The third-order valence-electron chi connectivity index (χ3n) is 3.00. The molecule has 1 fully saturated rings. The summed E-state index contributed by atoms with van der Waals surface area (Å²) in [6, 6.07) is -0.0102. The van der Waals surface area contributed by atoms with Gasteiger partial charge in [0.1, 0.15) is 0 Å². The standard InChI is InChI=1S/C11H22N2OS.ClH/c1-11(2,3)9(12)10(14)13(4)8-5-6-15-7-8;/h8-9H,5-7,12H2,1-4H3;1H/t8?,9-;/m1./s1. The molecular weight excluding hydrogens is 244 g/mol. The molecule has 1 unspecified atom stereocenters. The van der Waals surface area contributed by atoms with Gasteiger partial charge in [-0.1, -0.05) is 20.8 Å². The molecule has 0 spiro atoms. The number of hydrogen-bond donors (Lipinski definition) is 1. The third kappa shape index (κ3) is 3.82. The van der Waals surface area contributed by atoms with E-state index >= 15 is 0 Å². The van der Waals surface area contributed by atoms with E-state index in [9.17, 15) is 4.79 Å². The lowest BCUT2D eigenvalue weighted by molar-refractivity contribution is -0.135. The van der Waals surface area contributed by atoms with Crippen LogP contribution in [0.2, 0.25) is 0 Å². The smallest absolute Gasteiger partial charge is 0.240 e. The number of nitrogens with two attached hydrogens (primary N) is 1. The van der Waals surface area contributed by atoms with Crippen molar-refractivity contribution in [3.63, 3.8) is 0 Å². The number of carbonyl (C=O) groups is 1. The summed E-state index contributed by atoms with van der Waals surface area (Å²) in [6.07, 6.45) is 1.10. The van der Waals surface area contributed by atoms with Gasteiger partial charge < -0.3 is 10.6 Å². The van der Waals surface area contributed by atoms with Crippen LogP contribution in [0.4, 0.5) is 0 Å². The molecule has 1 heterocycles. The lowest BCUT2D eigenvalue weighted by Crippen LogP contribution is -2.52. The number of carbonyl (C=O) groups excluding carboxylic acids is 1. The van der Waals surface area contributed by atoms with Crippen LogP contribution in [0.5, 0.6) is 0 Å². The van der Waals surface area contributed by atoms with Crippen molar-refractivity contribution < 1.29 is 4.79 Å². The van der Waals surface area contributed by atoms with Gasteiger partial charge in [-0.3, -0.25) is 4.79 Å². The van der Waals surface area contributed by atoms with Crippen LogP contribution in [0.15, 0.2) is 0 Å². The average molecular weight is 267 g/mol. The molecule has 0 saturated carbocycles. The molecule has 2 N–H and O–H groups in total. The van der Waals surface area contributed by atoms with Crippen LogP contribution in [0.25, 0.3) is 0 Å². The Labute approximate surface area is 109 Å². The molecule has 3 nitrogen and oxygen atoms in total. The van der Waals surface area contributed by atoms with Gasteiger partial charge in [-0.15, -0.1) is 12.4 Å².